The van der Waals surface area contributed by atoms with Crippen LogP contribution >= 0.6 is 0 Å². The summed E-state index contributed by atoms with van der Waals surface area (Å²) in [6, 6.07) is 7.87. The topological polar surface area (TPSA) is 67.6 Å². The molecule has 0 bridgehead atoms. The summed E-state index contributed by atoms with van der Waals surface area (Å²) < 4.78 is 5.29. The summed E-state index contributed by atoms with van der Waals surface area (Å²) in [5.74, 6) is 0.0435. The molecular formula is C15H23N3O2. The van der Waals surface area contributed by atoms with E-state index in [1.165, 1.54) is 0 Å². The maximum absolute atomic E-state index is 12.1. The lowest BCUT2D eigenvalue weighted by Gasteiger charge is -2.27. The highest BCUT2D eigenvalue weighted by Crippen LogP contribution is 2.21. The van der Waals surface area contributed by atoms with Gasteiger partial charge in [-0.15, -0.1) is 0 Å². The van der Waals surface area contributed by atoms with Crippen LogP contribution in [0, 0.1) is 0 Å². The number of hydrogen-bond acceptors (Lipinski definition) is 4. The number of para-hydroxylation sites is 2. The summed E-state index contributed by atoms with van der Waals surface area (Å²) in [5.41, 5.74) is 7.58. The van der Waals surface area contributed by atoms with E-state index < -0.39 is 0 Å². The van der Waals surface area contributed by atoms with Gasteiger partial charge in [-0.2, -0.15) is 0 Å². The summed E-state index contributed by atoms with van der Waals surface area (Å²) in [4.78, 5) is 14.1. The SMILES string of the molecule is CCN(CC(=O)NC1CCOCC1)c1ccccc1N. The highest BCUT2D eigenvalue weighted by atomic mass is 16.5. The van der Waals surface area contributed by atoms with E-state index in [0.717, 1.165) is 38.3 Å². The van der Waals surface area contributed by atoms with Crippen molar-refractivity contribution in [1.82, 2.24) is 5.32 Å². The van der Waals surface area contributed by atoms with Crippen LogP contribution in [-0.2, 0) is 9.53 Å². The molecule has 1 heterocycles. The fourth-order valence-corrected chi connectivity index (χ4v) is 2.43. The van der Waals surface area contributed by atoms with Crippen LogP contribution in [0.1, 0.15) is 19.8 Å². The molecule has 0 spiro atoms. The molecule has 1 aromatic rings. The third kappa shape index (κ3) is 3.87. The first kappa shape index (κ1) is 14.7. The number of nitrogens with two attached hydrogens (primary N) is 1. The molecule has 1 aromatic carbocycles. The number of hydrogen-bond donors (Lipinski definition) is 2. The number of amides is 1. The molecule has 0 saturated carbocycles. The Kier molecular flexibility index (Phi) is 5.24. The van der Waals surface area contributed by atoms with Crippen molar-refractivity contribution in [2.45, 2.75) is 25.8 Å². The van der Waals surface area contributed by atoms with E-state index in [2.05, 4.69) is 5.32 Å². The fraction of sp³-hybridized carbons (Fsp3) is 0.533. The molecule has 1 fully saturated rings. The summed E-state index contributed by atoms with van der Waals surface area (Å²) in [5, 5.41) is 3.07. The van der Waals surface area contributed by atoms with Gasteiger partial charge in [-0.1, -0.05) is 12.1 Å². The maximum atomic E-state index is 12.1. The lowest BCUT2D eigenvalue weighted by molar-refractivity contribution is -0.121. The van der Waals surface area contributed by atoms with Gasteiger partial charge in [0.2, 0.25) is 5.91 Å². The molecule has 2 rings (SSSR count). The summed E-state index contributed by atoms with van der Waals surface area (Å²) in [6.07, 6.45) is 1.79. The number of benzene rings is 1. The summed E-state index contributed by atoms with van der Waals surface area (Å²) in [7, 11) is 0. The van der Waals surface area contributed by atoms with Gasteiger partial charge < -0.3 is 20.7 Å². The van der Waals surface area contributed by atoms with Crippen LogP contribution in [-0.4, -0.2) is 38.3 Å². The molecule has 0 atom stereocenters. The van der Waals surface area contributed by atoms with Crippen LogP contribution in [0.5, 0.6) is 0 Å². The summed E-state index contributed by atoms with van der Waals surface area (Å²) >= 11 is 0. The molecule has 5 nitrogen and oxygen atoms in total. The second kappa shape index (κ2) is 7.14. The van der Waals surface area contributed by atoms with Gasteiger partial charge in [0, 0.05) is 25.8 Å². The second-order valence-corrected chi connectivity index (χ2v) is 5.03. The number of ether oxygens (including phenoxy) is 1. The lowest BCUT2D eigenvalue weighted by Crippen LogP contribution is -2.44. The molecule has 0 aliphatic carbocycles. The quantitative estimate of drug-likeness (QED) is 0.798. The van der Waals surface area contributed by atoms with Crippen LogP contribution in [0.4, 0.5) is 11.4 Å². The fourth-order valence-electron chi connectivity index (χ4n) is 2.43. The van der Waals surface area contributed by atoms with Crippen molar-refractivity contribution in [3.05, 3.63) is 24.3 Å². The van der Waals surface area contributed by atoms with Gasteiger partial charge in [0.25, 0.3) is 0 Å². The molecule has 1 amide bonds. The Hall–Kier alpha value is -1.75. The van der Waals surface area contributed by atoms with E-state index in [-0.39, 0.29) is 11.9 Å². The van der Waals surface area contributed by atoms with Crippen molar-refractivity contribution < 1.29 is 9.53 Å². The molecule has 5 heteroatoms. The minimum atomic E-state index is 0.0435. The van der Waals surface area contributed by atoms with Crippen LogP contribution in [0.25, 0.3) is 0 Å². The number of carbonyl (C=O) groups is 1. The molecule has 0 aromatic heterocycles. The Bertz CT molecular complexity index is 444. The normalized spacial score (nSPS) is 15.8. The zero-order valence-corrected chi connectivity index (χ0v) is 12.0. The molecule has 3 N–H and O–H groups in total. The number of likely N-dealkylation sites (N-methyl/N-ethyl adjacent to an activating group) is 1. The predicted octanol–water partition coefficient (Wildman–Crippen LogP) is 1.39. The van der Waals surface area contributed by atoms with Crippen molar-refractivity contribution in [2.75, 3.05) is 36.9 Å². The van der Waals surface area contributed by atoms with Crippen LogP contribution < -0.4 is 16.0 Å². The standard InChI is InChI=1S/C15H23N3O2/c1-2-18(14-6-4-3-5-13(14)16)11-15(19)17-12-7-9-20-10-8-12/h3-6,12H,2,7-11,16H2,1H3,(H,17,19). The number of carbonyl (C=O) groups excluding carboxylic acids is 1. The van der Waals surface area contributed by atoms with Gasteiger partial charge >= 0.3 is 0 Å². The largest absolute Gasteiger partial charge is 0.397 e. The molecule has 0 unspecified atom stereocenters. The smallest absolute Gasteiger partial charge is 0.239 e. The Balaban J connectivity index is 1.92. The number of nitrogen functional groups attached to an aromatic ring is 1. The lowest BCUT2D eigenvalue weighted by atomic mass is 10.1. The summed E-state index contributed by atoms with van der Waals surface area (Å²) in [6.45, 7) is 4.56. The van der Waals surface area contributed by atoms with Crippen LogP contribution in [0.15, 0.2) is 24.3 Å². The van der Waals surface area contributed by atoms with E-state index in [9.17, 15) is 4.79 Å². The molecular weight excluding hydrogens is 254 g/mol. The van der Waals surface area contributed by atoms with Crippen molar-refractivity contribution >= 4 is 17.3 Å². The Labute approximate surface area is 120 Å². The van der Waals surface area contributed by atoms with Crippen molar-refractivity contribution in [3.63, 3.8) is 0 Å². The minimum absolute atomic E-state index is 0.0435. The Morgan fingerprint density at radius 3 is 2.75 bits per heavy atom. The molecule has 20 heavy (non-hydrogen) atoms. The molecule has 1 aliphatic rings. The average Bonchev–Trinajstić information content (AvgIpc) is 2.46. The second-order valence-electron chi connectivity index (χ2n) is 5.03. The first-order valence-electron chi connectivity index (χ1n) is 7.17. The molecule has 1 saturated heterocycles. The van der Waals surface area contributed by atoms with Gasteiger partial charge in [-0.25, -0.2) is 0 Å². The monoisotopic (exact) mass is 277 g/mol. The maximum Gasteiger partial charge on any atom is 0.239 e. The highest BCUT2D eigenvalue weighted by Gasteiger charge is 2.18. The first-order valence-corrected chi connectivity index (χ1v) is 7.17. The van der Waals surface area contributed by atoms with Crippen molar-refractivity contribution in [2.24, 2.45) is 0 Å². The van der Waals surface area contributed by atoms with Gasteiger partial charge in [-0.05, 0) is 31.9 Å². The van der Waals surface area contributed by atoms with Gasteiger partial charge in [-0.3, -0.25) is 4.79 Å². The van der Waals surface area contributed by atoms with Crippen LogP contribution in [0.2, 0.25) is 0 Å². The third-order valence-corrected chi connectivity index (χ3v) is 3.58. The van der Waals surface area contributed by atoms with Crippen molar-refractivity contribution in [3.8, 4) is 0 Å². The third-order valence-electron chi connectivity index (χ3n) is 3.58. The van der Waals surface area contributed by atoms with Gasteiger partial charge in [0.1, 0.15) is 0 Å². The van der Waals surface area contributed by atoms with E-state index in [0.29, 0.717) is 12.2 Å². The zero-order chi connectivity index (χ0) is 14.4. The predicted molar refractivity (Wildman–Crippen MR) is 80.7 cm³/mol. The molecule has 0 radical (unpaired) electrons. The highest BCUT2D eigenvalue weighted by molar-refractivity contribution is 5.83. The molecule has 110 valence electrons. The molecule has 1 aliphatic heterocycles. The van der Waals surface area contributed by atoms with E-state index in [1.807, 2.05) is 36.1 Å². The number of anilines is 2. The number of nitrogens with zero attached hydrogens (tertiary/aromatic N) is 1. The average molecular weight is 277 g/mol. The first-order chi connectivity index (χ1) is 9.70. The Morgan fingerprint density at radius 2 is 2.10 bits per heavy atom. The van der Waals surface area contributed by atoms with E-state index in [1.54, 1.807) is 0 Å². The van der Waals surface area contributed by atoms with Gasteiger partial charge in [0.05, 0.1) is 17.9 Å². The van der Waals surface area contributed by atoms with Crippen molar-refractivity contribution in [1.29, 1.82) is 0 Å². The number of nitrogens with one attached hydrogen (secondary N) is 1. The minimum Gasteiger partial charge on any atom is -0.397 e. The number of rotatable bonds is 5. The van der Waals surface area contributed by atoms with E-state index in [4.69, 9.17) is 10.5 Å². The van der Waals surface area contributed by atoms with Gasteiger partial charge in [0.15, 0.2) is 0 Å². The van der Waals surface area contributed by atoms with Crippen LogP contribution in [0.3, 0.4) is 0 Å². The zero-order valence-electron chi connectivity index (χ0n) is 12.0. The Morgan fingerprint density at radius 1 is 1.40 bits per heavy atom. The van der Waals surface area contributed by atoms with E-state index >= 15 is 0 Å².